The molecule has 2 heterocycles. The monoisotopic (exact) mass is 628 g/mol. The van der Waals surface area contributed by atoms with E-state index in [4.69, 9.17) is 29.2 Å². The molecular weight excluding hydrogens is 584 g/mol. The SMILES string of the molecule is COc1cc(OC)nc(SC(C)C(C)(C)C)n1.COc1cc(OC)nc(SC(C)C(C)(C)C)n1.O=C(O)/C=C\C(=O)O. The molecule has 2 aromatic heterocycles. The van der Waals surface area contributed by atoms with Crippen LogP contribution in [-0.4, -0.2) is 81.0 Å². The average Bonchev–Trinajstić information content (AvgIpc) is 2.90. The molecule has 0 aliphatic rings. The predicted octanol–water partition coefficient (Wildman–Crippen LogP) is 5.75. The van der Waals surface area contributed by atoms with E-state index in [2.05, 4.69) is 75.3 Å². The van der Waals surface area contributed by atoms with Crippen molar-refractivity contribution in [1.82, 2.24) is 19.9 Å². The maximum Gasteiger partial charge on any atom is 0.328 e. The molecule has 0 radical (unpaired) electrons. The lowest BCUT2D eigenvalue weighted by molar-refractivity contribution is -0.134. The molecular formula is C28H44N4O8S2. The van der Waals surface area contributed by atoms with Gasteiger partial charge in [0, 0.05) is 22.7 Å². The molecule has 42 heavy (non-hydrogen) atoms. The van der Waals surface area contributed by atoms with Gasteiger partial charge in [-0.15, -0.1) is 0 Å². The number of carboxylic acids is 2. The molecule has 14 heteroatoms. The number of carboxylic acid groups (broad SMARTS) is 2. The van der Waals surface area contributed by atoms with Gasteiger partial charge in [-0.25, -0.2) is 9.59 Å². The number of nitrogens with zero attached hydrogens (tertiary/aromatic N) is 4. The van der Waals surface area contributed by atoms with Gasteiger partial charge in [0.1, 0.15) is 0 Å². The molecule has 236 valence electrons. The van der Waals surface area contributed by atoms with Gasteiger partial charge >= 0.3 is 11.9 Å². The van der Waals surface area contributed by atoms with Gasteiger partial charge in [0.05, 0.1) is 40.6 Å². The standard InChI is InChI=1S/2C12H20N2O2S.C4H4O4/c2*1-8(12(2,3)4)17-11-13-9(15-5)7-10(14-11)16-6;5-3(6)1-2-4(7)8/h2*7-8H,1-6H3;1-2H,(H,5,6)(H,7,8)/b;;2-1-. The van der Waals surface area contributed by atoms with Gasteiger partial charge in [-0.1, -0.05) is 78.9 Å². The Morgan fingerprint density at radius 2 is 0.881 bits per heavy atom. The van der Waals surface area contributed by atoms with E-state index >= 15 is 0 Å². The number of rotatable bonds is 10. The van der Waals surface area contributed by atoms with Gasteiger partial charge in [0.2, 0.25) is 23.5 Å². The predicted molar refractivity (Wildman–Crippen MR) is 164 cm³/mol. The summed E-state index contributed by atoms with van der Waals surface area (Å²) in [6.07, 6.45) is 1.12. The van der Waals surface area contributed by atoms with Crippen LogP contribution in [0.15, 0.2) is 34.6 Å². The Morgan fingerprint density at radius 1 is 0.643 bits per heavy atom. The van der Waals surface area contributed by atoms with Gasteiger partial charge in [-0.2, -0.15) is 19.9 Å². The Hall–Kier alpha value is -3.26. The molecule has 2 N–H and O–H groups in total. The van der Waals surface area contributed by atoms with Crippen molar-refractivity contribution in [2.24, 2.45) is 10.8 Å². The van der Waals surface area contributed by atoms with Gasteiger partial charge < -0.3 is 29.2 Å². The molecule has 0 aromatic carbocycles. The van der Waals surface area contributed by atoms with Crippen molar-refractivity contribution in [3.05, 3.63) is 24.3 Å². The summed E-state index contributed by atoms with van der Waals surface area (Å²) in [4.78, 5) is 36.3. The van der Waals surface area contributed by atoms with Crippen molar-refractivity contribution >= 4 is 35.5 Å². The van der Waals surface area contributed by atoms with E-state index in [9.17, 15) is 9.59 Å². The summed E-state index contributed by atoms with van der Waals surface area (Å²) in [5.41, 5.74) is 0.397. The van der Waals surface area contributed by atoms with Crippen LogP contribution in [0.4, 0.5) is 0 Å². The summed E-state index contributed by atoms with van der Waals surface area (Å²) >= 11 is 3.25. The molecule has 2 unspecified atom stereocenters. The van der Waals surface area contributed by atoms with E-state index in [1.165, 1.54) is 0 Å². The smallest absolute Gasteiger partial charge is 0.328 e. The zero-order valence-electron chi connectivity index (χ0n) is 26.4. The minimum Gasteiger partial charge on any atom is -0.481 e. The second kappa shape index (κ2) is 18.3. The van der Waals surface area contributed by atoms with Crippen LogP contribution >= 0.6 is 23.5 Å². The van der Waals surface area contributed by atoms with Crippen molar-refractivity contribution in [2.75, 3.05) is 28.4 Å². The van der Waals surface area contributed by atoms with Crippen LogP contribution in [0.1, 0.15) is 55.4 Å². The van der Waals surface area contributed by atoms with Crippen molar-refractivity contribution < 1.29 is 38.7 Å². The maximum absolute atomic E-state index is 9.55. The highest BCUT2D eigenvalue weighted by Gasteiger charge is 2.23. The fraction of sp³-hybridized carbons (Fsp3) is 0.571. The number of hydrogen-bond donors (Lipinski definition) is 2. The van der Waals surface area contributed by atoms with Crippen molar-refractivity contribution in [1.29, 1.82) is 0 Å². The summed E-state index contributed by atoms with van der Waals surface area (Å²) < 4.78 is 20.5. The van der Waals surface area contributed by atoms with E-state index in [0.29, 0.717) is 56.5 Å². The third kappa shape index (κ3) is 16.2. The number of aliphatic carboxylic acids is 2. The second-order valence-corrected chi connectivity index (χ2v) is 13.3. The summed E-state index contributed by atoms with van der Waals surface area (Å²) in [6.45, 7) is 17.5. The number of methoxy groups -OCH3 is 4. The summed E-state index contributed by atoms with van der Waals surface area (Å²) in [5, 5.41) is 17.8. The largest absolute Gasteiger partial charge is 0.481 e. The van der Waals surface area contributed by atoms with Crippen molar-refractivity contribution in [2.45, 2.75) is 76.2 Å². The fourth-order valence-electron chi connectivity index (χ4n) is 2.10. The molecule has 12 nitrogen and oxygen atoms in total. The quantitative estimate of drug-likeness (QED) is 0.186. The first-order valence-electron chi connectivity index (χ1n) is 12.8. The first kappa shape index (κ1) is 38.7. The van der Waals surface area contributed by atoms with Gasteiger partial charge in [0.15, 0.2) is 10.3 Å². The minimum absolute atomic E-state index is 0.199. The fourth-order valence-corrected chi connectivity index (χ4v) is 4.01. The number of carbonyl (C=O) groups is 2. The molecule has 0 spiro atoms. The number of thioether (sulfide) groups is 2. The highest BCUT2D eigenvalue weighted by atomic mass is 32.2. The van der Waals surface area contributed by atoms with Crippen LogP contribution in [0.3, 0.4) is 0 Å². The summed E-state index contributed by atoms with van der Waals surface area (Å²) in [6, 6.07) is 3.34. The Balaban J connectivity index is 0.000000642. The summed E-state index contributed by atoms with van der Waals surface area (Å²) in [5.74, 6) is -0.401. The molecule has 0 amide bonds. The lowest BCUT2D eigenvalue weighted by atomic mass is 9.93. The minimum atomic E-state index is -1.26. The Bertz CT molecular complexity index is 1030. The maximum atomic E-state index is 9.55. The second-order valence-electron chi connectivity index (χ2n) is 10.7. The molecule has 2 atom stereocenters. The molecule has 0 aliphatic carbocycles. The van der Waals surface area contributed by atoms with Crippen LogP contribution in [0.2, 0.25) is 0 Å². The van der Waals surface area contributed by atoms with E-state index in [0.717, 1.165) is 0 Å². The molecule has 0 aliphatic heterocycles. The van der Waals surface area contributed by atoms with Crippen molar-refractivity contribution in [3.8, 4) is 23.5 Å². The Morgan fingerprint density at radius 3 is 1.05 bits per heavy atom. The zero-order valence-corrected chi connectivity index (χ0v) is 28.0. The highest BCUT2D eigenvalue weighted by molar-refractivity contribution is 8.00. The molecule has 0 saturated heterocycles. The topological polar surface area (TPSA) is 163 Å². The molecule has 2 aromatic rings. The van der Waals surface area contributed by atoms with Crippen LogP contribution in [-0.2, 0) is 9.59 Å². The molecule has 2 rings (SSSR count). The van der Waals surface area contributed by atoms with Gasteiger partial charge in [-0.05, 0) is 10.8 Å². The van der Waals surface area contributed by atoms with Gasteiger partial charge in [-0.3, -0.25) is 0 Å². The number of ether oxygens (including phenoxy) is 4. The van der Waals surface area contributed by atoms with E-state index in [-0.39, 0.29) is 10.8 Å². The number of aromatic nitrogens is 4. The molecule has 0 saturated carbocycles. The van der Waals surface area contributed by atoms with E-state index in [1.807, 2.05) is 0 Å². The normalized spacial score (nSPS) is 12.6. The Labute approximate surface area is 257 Å². The van der Waals surface area contributed by atoms with E-state index < -0.39 is 11.9 Å². The lowest BCUT2D eigenvalue weighted by Gasteiger charge is -2.25. The van der Waals surface area contributed by atoms with Crippen LogP contribution in [0.5, 0.6) is 23.5 Å². The molecule has 0 bridgehead atoms. The van der Waals surface area contributed by atoms with Crippen LogP contribution < -0.4 is 18.9 Å². The van der Waals surface area contributed by atoms with Crippen LogP contribution in [0.25, 0.3) is 0 Å². The number of hydrogen-bond acceptors (Lipinski definition) is 12. The third-order valence-corrected chi connectivity index (χ3v) is 8.43. The van der Waals surface area contributed by atoms with Gasteiger partial charge in [0.25, 0.3) is 0 Å². The highest BCUT2D eigenvalue weighted by Crippen LogP contribution is 2.35. The van der Waals surface area contributed by atoms with Crippen LogP contribution in [0, 0.1) is 10.8 Å². The average molecular weight is 629 g/mol. The molecule has 0 fully saturated rings. The van der Waals surface area contributed by atoms with E-state index in [1.54, 1.807) is 64.1 Å². The van der Waals surface area contributed by atoms with Crippen molar-refractivity contribution in [3.63, 3.8) is 0 Å². The lowest BCUT2D eigenvalue weighted by Crippen LogP contribution is -2.19. The Kier molecular flexibility index (Phi) is 16.9. The first-order chi connectivity index (χ1) is 19.4. The first-order valence-corrected chi connectivity index (χ1v) is 14.5. The third-order valence-electron chi connectivity index (χ3n) is 5.53. The summed E-state index contributed by atoms with van der Waals surface area (Å²) in [7, 11) is 6.35. The zero-order chi connectivity index (χ0) is 32.7.